The second kappa shape index (κ2) is 8.93. The first-order chi connectivity index (χ1) is 12.7. The minimum atomic E-state index is -0.609. The molecule has 0 aliphatic rings. The molecule has 2 rings (SSSR count). The largest absolute Gasteiger partial charge is 0.444 e. The van der Waals surface area contributed by atoms with Crippen LogP contribution in [0.15, 0.2) is 36.8 Å². The van der Waals surface area contributed by atoms with E-state index < -0.39 is 17.5 Å². The molecule has 9 heteroatoms. The summed E-state index contributed by atoms with van der Waals surface area (Å²) in [6.07, 6.45) is 2.32. The van der Waals surface area contributed by atoms with Gasteiger partial charge < -0.3 is 20.7 Å². The van der Waals surface area contributed by atoms with E-state index in [0.717, 1.165) is 0 Å². The Balaban J connectivity index is 1.92. The van der Waals surface area contributed by atoms with E-state index >= 15 is 0 Å². The lowest BCUT2D eigenvalue weighted by Gasteiger charge is -2.19. The van der Waals surface area contributed by atoms with Crippen LogP contribution < -0.4 is 16.0 Å². The predicted molar refractivity (Wildman–Crippen MR) is 99.2 cm³/mol. The van der Waals surface area contributed by atoms with Gasteiger partial charge >= 0.3 is 6.09 Å². The number of amides is 2. The molecule has 3 N–H and O–H groups in total. The summed E-state index contributed by atoms with van der Waals surface area (Å²) in [6, 6.07) is 5.54. The van der Waals surface area contributed by atoms with Gasteiger partial charge in [0.2, 0.25) is 5.91 Å². The molecule has 0 aliphatic carbocycles. The lowest BCUT2D eigenvalue weighted by atomic mass is 10.2. The highest BCUT2D eigenvalue weighted by Gasteiger charge is 2.16. The number of halogens is 1. The van der Waals surface area contributed by atoms with E-state index in [4.69, 9.17) is 4.74 Å². The molecule has 27 heavy (non-hydrogen) atoms. The van der Waals surface area contributed by atoms with E-state index in [1.165, 1.54) is 30.7 Å². The van der Waals surface area contributed by atoms with Crippen molar-refractivity contribution in [1.29, 1.82) is 0 Å². The van der Waals surface area contributed by atoms with Crippen LogP contribution in [0.4, 0.5) is 26.4 Å². The molecule has 1 aromatic heterocycles. The van der Waals surface area contributed by atoms with Gasteiger partial charge in [0.25, 0.3) is 0 Å². The molecule has 0 spiro atoms. The Morgan fingerprint density at radius 1 is 1.19 bits per heavy atom. The first kappa shape index (κ1) is 20.1. The minimum Gasteiger partial charge on any atom is -0.444 e. The molecule has 0 bridgehead atoms. The fraction of sp³-hybridized carbons (Fsp3) is 0.333. The van der Waals surface area contributed by atoms with Gasteiger partial charge in [-0.25, -0.2) is 19.2 Å². The number of hydrogen-bond acceptors (Lipinski definition) is 6. The van der Waals surface area contributed by atoms with Crippen molar-refractivity contribution in [2.45, 2.75) is 32.8 Å². The second-order valence-electron chi connectivity index (χ2n) is 6.64. The van der Waals surface area contributed by atoms with Crippen LogP contribution in [0.3, 0.4) is 0 Å². The van der Waals surface area contributed by atoms with E-state index in [0.29, 0.717) is 17.2 Å². The van der Waals surface area contributed by atoms with E-state index in [1.807, 2.05) is 0 Å². The summed E-state index contributed by atoms with van der Waals surface area (Å²) in [4.78, 5) is 31.5. The Morgan fingerprint density at radius 2 is 1.96 bits per heavy atom. The molecule has 2 amide bonds. The number of benzene rings is 1. The first-order valence-electron chi connectivity index (χ1n) is 8.32. The molecule has 0 aliphatic heterocycles. The zero-order chi connectivity index (χ0) is 19.9. The average molecular weight is 375 g/mol. The Kier molecular flexibility index (Phi) is 6.64. The molecule has 0 unspecified atom stereocenters. The zero-order valence-electron chi connectivity index (χ0n) is 15.4. The van der Waals surface area contributed by atoms with E-state index in [1.54, 1.807) is 26.8 Å². The van der Waals surface area contributed by atoms with Crippen molar-refractivity contribution in [3.8, 4) is 0 Å². The number of anilines is 3. The maximum absolute atomic E-state index is 13.6. The quantitative estimate of drug-likeness (QED) is 0.716. The zero-order valence-corrected chi connectivity index (χ0v) is 15.4. The molecule has 0 saturated heterocycles. The number of carbonyl (C=O) groups excluding carboxylic acids is 2. The van der Waals surface area contributed by atoms with E-state index in [-0.39, 0.29) is 18.9 Å². The Labute approximate surface area is 156 Å². The van der Waals surface area contributed by atoms with Crippen LogP contribution in [-0.4, -0.2) is 34.1 Å². The van der Waals surface area contributed by atoms with Crippen LogP contribution >= 0.6 is 0 Å². The predicted octanol–water partition coefficient (Wildman–Crippen LogP) is 3.21. The lowest BCUT2D eigenvalue weighted by molar-refractivity contribution is -0.116. The molecule has 0 saturated carbocycles. The summed E-state index contributed by atoms with van der Waals surface area (Å²) in [5.74, 6) is -0.350. The van der Waals surface area contributed by atoms with Gasteiger partial charge in [-0.1, -0.05) is 0 Å². The topological polar surface area (TPSA) is 105 Å². The molecule has 8 nitrogen and oxygen atoms in total. The van der Waals surface area contributed by atoms with Crippen molar-refractivity contribution in [3.05, 3.63) is 42.6 Å². The number of alkyl carbamates (subject to hydrolysis) is 1. The third-order valence-electron chi connectivity index (χ3n) is 3.12. The van der Waals surface area contributed by atoms with Crippen LogP contribution in [0.5, 0.6) is 0 Å². The molecule has 0 radical (unpaired) electrons. The molecule has 2 aromatic rings. The standard InChI is InChI=1S/C18H22FN5O3/c1-18(2,3)27-17(26)21-9-7-16(25)24-13-5-4-12(19)10-14(13)23-15-6-8-20-11-22-15/h4-6,8,10-11H,7,9H2,1-3H3,(H,21,26)(H,24,25)(H,20,22,23). The number of nitrogens with zero attached hydrogens (tertiary/aromatic N) is 2. The molecule has 1 aromatic carbocycles. The van der Waals surface area contributed by atoms with Gasteiger partial charge in [0.05, 0.1) is 11.4 Å². The van der Waals surface area contributed by atoms with Gasteiger partial charge in [-0.2, -0.15) is 0 Å². The molecule has 0 fully saturated rings. The van der Waals surface area contributed by atoms with Crippen LogP contribution in [0.1, 0.15) is 27.2 Å². The fourth-order valence-corrected chi connectivity index (χ4v) is 2.04. The summed E-state index contributed by atoms with van der Waals surface area (Å²) < 4.78 is 18.7. The van der Waals surface area contributed by atoms with Gasteiger partial charge in [-0.3, -0.25) is 4.79 Å². The van der Waals surface area contributed by atoms with Crippen LogP contribution in [0.2, 0.25) is 0 Å². The number of ether oxygens (including phenoxy) is 1. The number of hydrogen-bond donors (Lipinski definition) is 3. The number of rotatable bonds is 6. The summed E-state index contributed by atoms with van der Waals surface area (Å²) >= 11 is 0. The highest BCUT2D eigenvalue weighted by Crippen LogP contribution is 2.25. The summed E-state index contributed by atoms with van der Waals surface area (Å²) in [6.45, 7) is 5.36. The van der Waals surface area contributed by atoms with Crippen LogP contribution in [0, 0.1) is 5.82 Å². The third kappa shape index (κ3) is 7.27. The van der Waals surface area contributed by atoms with E-state index in [2.05, 4.69) is 25.9 Å². The van der Waals surface area contributed by atoms with Gasteiger partial charge in [-0.05, 0) is 45.0 Å². The van der Waals surface area contributed by atoms with Gasteiger partial charge in [0.15, 0.2) is 0 Å². The number of carbonyl (C=O) groups is 2. The number of aromatic nitrogens is 2. The maximum Gasteiger partial charge on any atom is 0.407 e. The van der Waals surface area contributed by atoms with Gasteiger partial charge in [0, 0.05) is 19.2 Å². The molecular formula is C18H22FN5O3. The first-order valence-corrected chi connectivity index (χ1v) is 8.32. The second-order valence-corrected chi connectivity index (χ2v) is 6.64. The fourth-order valence-electron chi connectivity index (χ4n) is 2.04. The maximum atomic E-state index is 13.6. The van der Waals surface area contributed by atoms with Crippen molar-refractivity contribution in [1.82, 2.24) is 15.3 Å². The summed E-state index contributed by atoms with van der Waals surface area (Å²) in [5, 5.41) is 8.10. The normalized spacial score (nSPS) is 10.8. The molecular weight excluding hydrogens is 353 g/mol. The highest BCUT2D eigenvalue weighted by atomic mass is 19.1. The third-order valence-corrected chi connectivity index (χ3v) is 3.12. The Morgan fingerprint density at radius 3 is 2.63 bits per heavy atom. The molecule has 1 heterocycles. The summed E-state index contributed by atoms with van der Waals surface area (Å²) in [7, 11) is 0. The average Bonchev–Trinajstić information content (AvgIpc) is 2.56. The van der Waals surface area contributed by atoms with Crippen LogP contribution in [0.25, 0.3) is 0 Å². The van der Waals surface area contributed by atoms with E-state index in [9.17, 15) is 14.0 Å². The van der Waals surface area contributed by atoms with Gasteiger partial charge in [-0.15, -0.1) is 0 Å². The molecule has 0 atom stereocenters. The minimum absolute atomic E-state index is 0.0313. The van der Waals surface area contributed by atoms with Crippen LogP contribution in [-0.2, 0) is 9.53 Å². The highest BCUT2D eigenvalue weighted by molar-refractivity contribution is 5.95. The Bertz CT molecular complexity index is 793. The van der Waals surface area contributed by atoms with Gasteiger partial charge in [0.1, 0.15) is 23.6 Å². The Hall–Kier alpha value is -3.23. The lowest BCUT2D eigenvalue weighted by Crippen LogP contribution is -2.34. The SMILES string of the molecule is CC(C)(C)OC(=O)NCCC(=O)Nc1ccc(F)cc1Nc1ccncn1. The van der Waals surface area contributed by atoms with Crippen molar-refractivity contribution < 1.29 is 18.7 Å². The number of nitrogens with one attached hydrogen (secondary N) is 3. The van der Waals surface area contributed by atoms with Crippen molar-refractivity contribution in [2.75, 3.05) is 17.2 Å². The molecule has 144 valence electrons. The van der Waals surface area contributed by atoms with Crippen molar-refractivity contribution >= 4 is 29.2 Å². The smallest absolute Gasteiger partial charge is 0.407 e. The van der Waals surface area contributed by atoms with Crippen molar-refractivity contribution in [3.63, 3.8) is 0 Å². The monoisotopic (exact) mass is 375 g/mol. The summed E-state index contributed by atoms with van der Waals surface area (Å²) in [5.41, 5.74) is 0.126. The van der Waals surface area contributed by atoms with Crippen molar-refractivity contribution in [2.24, 2.45) is 0 Å².